The number of hydrogen-bond acceptors (Lipinski definition) is 5. The summed E-state index contributed by atoms with van der Waals surface area (Å²) in [6.07, 6.45) is 3.12. The second-order valence-electron chi connectivity index (χ2n) is 6.10. The lowest BCUT2D eigenvalue weighted by atomic mass is 10.3. The maximum absolute atomic E-state index is 12.3. The molecule has 1 saturated carbocycles. The van der Waals surface area contributed by atoms with E-state index in [9.17, 15) is 4.79 Å². The third-order valence-electron chi connectivity index (χ3n) is 4.00. The smallest absolute Gasteiger partial charge is 0.234 e. The monoisotopic (exact) mass is 448 g/mol. The first-order valence-electron chi connectivity index (χ1n) is 8.33. The van der Waals surface area contributed by atoms with Crippen molar-refractivity contribution in [3.05, 3.63) is 57.0 Å². The predicted molar refractivity (Wildman–Crippen MR) is 109 cm³/mol. The highest BCUT2D eigenvalue weighted by Gasteiger charge is 2.29. The van der Waals surface area contributed by atoms with Crippen LogP contribution in [-0.2, 0) is 11.2 Å². The molecule has 0 atom stereocenters. The molecule has 0 saturated heterocycles. The van der Waals surface area contributed by atoms with Gasteiger partial charge in [-0.05, 0) is 42.5 Å². The van der Waals surface area contributed by atoms with E-state index in [-0.39, 0.29) is 5.91 Å². The van der Waals surface area contributed by atoms with Crippen LogP contribution in [0.4, 0.5) is 5.69 Å². The number of carbonyl (C=O) groups excluding carboxylic acids is 1. The van der Waals surface area contributed by atoms with Gasteiger partial charge >= 0.3 is 0 Å². The zero-order chi connectivity index (χ0) is 17.9. The molecule has 1 aromatic carbocycles. The molecular weight excluding hydrogens is 432 g/mol. The van der Waals surface area contributed by atoms with Gasteiger partial charge in [-0.3, -0.25) is 4.79 Å². The van der Waals surface area contributed by atoms with E-state index in [2.05, 4.69) is 53.5 Å². The molecule has 3 aromatic rings. The third-order valence-corrected chi connectivity index (χ3v) is 6.31. The van der Waals surface area contributed by atoms with Crippen molar-refractivity contribution in [1.29, 1.82) is 0 Å². The summed E-state index contributed by atoms with van der Waals surface area (Å²) >= 11 is 6.59. The quantitative estimate of drug-likeness (QED) is 0.529. The van der Waals surface area contributed by atoms with Crippen LogP contribution in [-0.4, -0.2) is 26.4 Å². The summed E-state index contributed by atoms with van der Waals surface area (Å²) in [6, 6.07) is 12.2. The third kappa shape index (κ3) is 4.36. The van der Waals surface area contributed by atoms with E-state index in [4.69, 9.17) is 0 Å². The molecule has 26 heavy (non-hydrogen) atoms. The maximum atomic E-state index is 12.3. The summed E-state index contributed by atoms with van der Waals surface area (Å²) in [4.78, 5) is 13.5. The molecule has 134 valence electrons. The molecule has 5 nitrogen and oxygen atoms in total. The minimum atomic E-state index is -0.0433. The first-order chi connectivity index (χ1) is 12.7. The average Bonchev–Trinajstić information content (AvgIpc) is 3.17. The van der Waals surface area contributed by atoms with E-state index in [1.54, 1.807) is 11.3 Å². The van der Waals surface area contributed by atoms with Crippen LogP contribution >= 0.6 is 39.0 Å². The summed E-state index contributed by atoms with van der Waals surface area (Å²) in [6.45, 7) is 0. The maximum Gasteiger partial charge on any atom is 0.234 e. The number of hydrogen-bond donors (Lipinski definition) is 1. The molecule has 0 aliphatic heterocycles. The first kappa shape index (κ1) is 17.8. The van der Waals surface area contributed by atoms with E-state index in [1.165, 1.54) is 16.6 Å². The number of thioether (sulfide) groups is 1. The lowest BCUT2D eigenvalue weighted by Crippen LogP contribution is -2.14. The van der Waals surface area contributed by atoms with Crippen LogP contribution in [0, 0.1) is 0 Å². The number of aromatic nitrogens is 3. The Kier molecular flexibility index (Phi) is 5.42. The zero-order valence-electron chi connectivity index (χ0n) is 13.9. The number of thiophene rings is 1. The van der Waals surface area contributed by atoms with Crippen LogP contribution < -0.4 is 5.32 Å². The van der Waals surface area contributed by atoms with Gasteiger partial charge in [0.05, 0.1) is 5.75 Å². The Bertz CT molecular complexity index is 906. The minimum Gasteiger partial charge on any atom is -0.325 e. The summed E-state index contributed by atoms with van der Waals surface area (Å²) < 4.78 is 3.16. The highest BCUT2D eigenvalue weighted by Crippen LogP contribution is 2.39. The molecule has 0 bridgehead atoms. The number of benzene rings is 1. The molecule has 1 fully saturated rings. The molecule has 1 aliphatic rings. The Labute approximate surface area is 168 Å². The fraction of sp³-hybridized carbons (Fsp3) is 0.278. The van der Waals surface area contributed by atoms with Crippen molar-refractivity contribution in [2.24, 2.45) is 0 Å². The molecule has 0 radical (unpaired) electrons. The highest BCUT2D eigenvalue weighted by molar-refractivity contribution is 9.10. The fourth-order valence-electron chi connectivity index (χ4n) is 2.69. The Morgan fingerprint density at radius 3 is 2.92 bits per heavy atom. The lowest BCUT2D eigenvalue weighted by molar-refractivity contribution is -0.113. The normalized spacial score (nSPS) is 13.7. The van der Waals surface area contributed by atoms with E-state index < -0.39 is 0 Å². The Hall–Kier alpha value is -1.64. The predicted octanol–water partition coefficient (Wildman–Crippen LogP) is 4.76. The number of rotatable bonds is 7. The second-order valence-corrected chi connectivity index (χ2v) is 8.99. The van der Waals surface area contributed by atoms with Crippen LogP contribution in [0.25, 0.3) is 0 Å². The van der Waals surface area contributed by atoms with Crippen LogP contribution in [0.2, 0.25) is 0 Å². The molecule has 1 aliphatic carbocycles. The summed E-state index contributed by atoms with van der Waals surface area (Å²) in [5.41, 5.74) is 0.784. The fourth-order valence-corrected chi connectivity index (χ4v) is 4.61. The van der Waals surface area contributed by atoms with Gasteiger partial charge in [0.25, 0.3) is 0 Å². The topological polar surface area (TPSA) is 59.8 Å². The number of nitrogens with zero attached hydrogens (tertiary/aromatic N) is 3. The zero-order valence-corrected chi connectivity index (χ0v) is 17.1. The number of anilines is 1. The average molecular weight is 449 g/mol. The standard InChI is InChI=1S/C18H17BrN4OS2/c19-12-3-1-4-13(9-12)20-17(24)11-26-18-22-21-16(23(18)14-6-7-14)10-15-5-2-8-25-15/h1-5,8-9,14H,6-7,10-11H2,(H,20,24). The SMILES string of the molecule is O=C(CSc1nnc(Cc2cccs2)n1C1CC1)Nc1cccc(Br)c1. The van der Waals surface area contributed by atoms with Gasteiger partial charge in [-0.2, -0.15) is 0 Å². The van der Waals surface area contributed by atoms with Crippen molar-refractivity contribution in [3.63, 3.8) is 0 Å². The molecule has 2 heterocycles. The van der Waals surface area contributed by atoms with Gasteiger partial charge in [-0.25, -0.2) is 0 Å². The van der Waals surface area contributed by atoms with Crippen LogP contribution in [0.3, 0.4) is 0 Å². The van der Waals surface area contributed by atoms with Crippen molar-refractivity contribution >= 4 is 50.6 Å². The van der Waals surface area contributed by atoms with Gasteiger partial charge in [0.1, 0.15) is 5.82 Å². The molecule has 1 amide bonds. The first-order valence-corrected chi connectivity index (χ1v) is 11.0. The molecule has 8 heteroatoms. The Morgan fingerprint density at radius 2 is 2.19 bits per heavy atom. The van der Waals surface area contributed by atoms with Gasteiger partial charge in [0.15, 0.2) is 5.16 Å². The van der Waals surface area contributed by atoms with Crippen molar-refractivity contribution in [1.82, 2.24) is 14.8 Å². The Morgan fingerprint density at radius 1 is 1.31 bits per heavy atom. The van der Waals surface area contributed by atoms with E-state index in [0.29, 0.717) is 11.8 Å². The number of amides is 1. The van der Waals surface area contributed by atoms with Crippen LogP contribution in [0.1, 0.15) is 29.6 Å². The summed E-state index contributed by atoms with van der Waals surface area (Å²) in [5.74, 6) is 1.26. The van der Waals surface area contributed by atoms with Crippen molar-refractivity contribution in [2.75, 3.05) is 11.1 Å². The van der Waals surface area contributed by atoms with Gasteiger partial charge in [0.2, 0.25) is 5.91 Å². The van der Waals surface area contributed by atoms with Crippen molar-refractivity contribution in [2.45, 2.75) is 30.5 Å². The summed E-state index contributed by atoms with van der Waals surface area (Å²) in [5, 5.41) is 14.6. The highest BCUT2D eigenvalue weighted by atomic mass is 79.9. The van der Waals surface area contributed by atoms with Crippen molar-refractivity contribution < 1.29 is 4.79 Å². The van der Waals surface area contributed by atoms with Gasteiger partial charge < -0.3 is 9.88 Å². The second kappa shape index (κ2) is 7.94. The van der Waals surface area contributed by atoms with Gasteiger partial charge in [-0.15, -0.1) is 21.5 Å². The van der Waals surface area contributed by atoms with Crippen LogP contribution in [0.15, 0.2) is 51.4 Å². The number of carbonyl (C=O) groups is 1. The van der Waals surface area contributed by atoms with E-state index >= 15 is 0 Å². The molecule has 1 N–H and O–H groups in total. The molecule has 0 spiro atoms. The van der Waals surface area contributed by atoms with Gasteiger partial charge in [0, 0.05) is 27.5 Å². The van der Waals surface area contributed by atoms with Crippen molar-refractivity contribution in [3.8, 4) is 0 Å². The van der Waals surface area contributed by atoms with E-state index in [0.717, 1.165) is 40.4 Å². The molecular formula is C18H17BrN4OS2. The molecule has 2 aromatic heterocycles. The van der Waals surface area contributed by atoms with Gasteiger partial charge in [-0.1, -0.05) is 39.8 Å². The largest absolute Gasteiger partial charge is 0.325 e. The number of halogens is 1. The van der Waals surface area contributed by atoms with E-state index in [1.807, 2.05) is 24.3 Å². The lowest BCUT2D eigenvalue weighted by Gasteiger charge is -2.09. The van der Waals surface area contributed by atoms with Crippen LogP contribution in [0.5, 0.6) is 0 Å². The summed E-state index contributed by atoms with van der Waals surface area (Å²) in [7, 11) is 0. The molecule has 0 unspecified atom stereocenters. The Balaban J connectivity index is 1.41. The minimum absolute atomic E-state index is 0.0433. The number of nitrogens with one attached hydrogen (secondary N) is 1. The molecule has 4 rings (SSSR count).